The lowest BCUT2D eigenvalue weighted by Crippen LogP contribution is -2.35. The molecule has 1 N–H and O–H groups in total. The van der Waals surface area contributed by atoms with Gasteiger partial charge in [0.1, 0.15) is 17.4 Å². The van der Waals surface area contributed by atoms with Crippen LogP contribution in [0.25, 0.3) is 11.1 Å². The lowest BCUT2D eigenvalue weighted by molar-refractivity contribution is -0.123. The third kappa shape index (κ3) is 4.93. The fourth-order valence-electron chi connectivity index (χ4n) is 2.72. The number of nitrogens with one attached hydrogen (secondary N) is 1. The van der Waals surface area contributed by atoms with Crippen molar-refractivity contribution >= 4 is 17.5 Å². The number of amides is 1. The van der Waals surface area contributed by atoms with Crippen LogP contribution in [0.2, 0.25) is 5.02 Å². The second-order valence-electron chi connectivity index (χ2n) is 6.03. The fraction of sp³-hybridized carbons (Fsp3) is 0.316. The normalized spacial score (nSPS) is 16.5. The summed E-state index contributed by atoms with van der Waals surface area (Å²) in [4.78, 5) is 11.9. The average Bonchev–Trinajstić information content (AvgIpc) is 3.13. The molecule has 0 aromatic heterocycles. The number of ether oxygens (including phenoxy) is 2. The molecule has 1 fully saturated rings. The second-order valence-corrected chi connectivity index (χ2v) is 6.44. The van der Waals surface area contributed by atoms with Crippen molar-refractivity contribution < 1.29 is 23.0 Å². The van der Waals surface area contributed by atoms with E-state index in [0.29, 0.717) is 17.7 Å². The van der Waals surface area contributed by atoms with Gasteiger partial charge in [-0.15, -0.1) is 0 Å². The first-order valence-electron chi connectivity index (χ1n) is 8.28. The highest BCUT2D eigenvalue weighted by Gasteiger charge is 2.16. The average molecular weight is 382 g/mol. The Morgan fingerprint density at radius 2 is 2.08 bits per heavy atom. The van der Waals surface area contributed by atoms with Crippen LogP contribution in [0.4, 0.5) is 8.78 Å². The molecule has 0 saturated carbocycles. The van der Waals surface area contributed by atoms with Gasteiger partial charge < -0.3 is 14.8 Å². The van der Waals surface area contributed by atoms with Gasteiger partial charge in [0, 0.05) is 19.2 Å². The molecule has 2 aromatic rings. The van der Waals surface area contributed by atoms with Crippen molar-refractivity contribution in [2.75, 3.05) is 19.8 Å². The van der Waals surface area contributed by atoms with Gasteiger partial charge in [0.15, 0.2) is 6.61 Å². The van der Waals surface area contributed by atoms with Crippen molar-refractivity contribution in [3.05, 3.63) is 53.1 Å². The highest BCUT2D eigenvalue weighted by Crippen LogP contribution is 2.28. The molecule has 1 saturated heterocycles. The number of hydrogen-bond acceptors (Lipinski definition) is 3. The van der Waals surface area contributed by atoms with Crippen molar-refractivity contribution in [2.24, 2.45) is 0 Å². The Labute approximate surface area is 155 Å². The molecule has 26 heavy (non-hydrogen) atoms. The molecule has 1 amide bonds. The number of carbonyl (C=O) groups is 1. The van der Waals surface area contributed by atoms with E-state index < -0.39 is 11.6 Å². The van der Waals surface area contributed by atoms with Gasteiger partial charge in [-0.3, -0.25) is 4.79 Å². The molecule has 1 heterocycles. The number of carbonyl (C=O) groups excluding carboxylic acids is 1. The molecule has 1 atom stereocenters. The summed E-state index contributed by atoms with van der Waals surface area (Å²) in [6.07, 6.45) is 1.97. The monoisotopic (exact) mass is 381 g/mol. The number of halogens is 3. The first-order chi connectivity index (χ1) is 12.5. The van der Waals surface area contributed by atoms with Crippen LogP contribution in [-0.4, -0.2) is 31.8 Å². The summed E-state index contributed by atoms with van der Waals surface area (Å²) in [6.45, 7) is 0.918. The number of benzene rings is 2. The van der Waals surface area contributed by atoms with Crippen LogP contribution in [0.3, 0.4) is 0 Å². The van der Waals surface area contributed by atoms with E-state index >= 15 is 0 Å². The smallest absolute Gasteiger partial charge is 0.258 e. The Morgan fingerprint density at radius 3 is 2.81 bits per heavy atom. The maximum absolute atomic E-state index is 13.9. The minimum atomic E-state index is -0.550. The predicted octanol–water partition coefficient (Wildman–Crippen LogP) is 3.96. The molecule has 0 aliphatic carbocycles. The summed E-state index contributed by atoms with van der Waals surface area (Å²) < 4.78 is 38.0. The van der Waals surface area contributed by atoms with E-state index in [0.717, 1.165) is 19.4 Å². The SMILES string of the molecule is O=C(COc1cc(F)cc(-c2ccc(F)c(Cl)c2)c1)NCC1CCCO1. The van der Waals surface area contributed by atoms with Crippen LogP contribution in [0.1, 0.15) is 12.8 Å². The van der Waals surface area contributed by atoms with Gasteiger partial charge in [0.05, 0.1) is 11.1 Å². The predicted molar refractivity (Wildman–Crippen MR) is 94.3 cm³/mol. The quantitative estimate of drug-likeness (QED) is 0.824. The van der Waals surface area contributed by atoms with E-state index in [9.17, 15) is 13.6 Å². The van der Waals surface area contributed by atoms with Crippen LogP contribution in [0, 0.1) is 11.6 Å². The standard InChI is InChI=1S/C19H18ClF2NO3/c20-17-8-12(3-4-18(17)22)13-6-14(21)9-16(7-13)26-11-19(24)23-10-15-2-1-5-25-15/h3-4,6-9,15H,1-2,5,10-11H2,(H,23,24). The summed E-state index contributed by atoms with van der Waals surface area (Å²) in [6, 6.07) is 8.15. The van der Waals surface area contributed by atoms with Crippen molar-refractivity contribution in [2.45, 2.75) is 18.9 Å². The van der Waals surface area contributed by atoms with E-state index in [-0.39, 0.29) is 29.4 Å². The van der Waals surface area contributed by atoms with E-state index in [1.54, 1.807) is 6.07 Å². The molecule has 1 aliphatic rings. The van der Waals surface area contributed by atoms with Gasteiger partial charge in [0.25, 0.3) is 5.91 Å². The van der Waals surface area contributed by atoms with Crippen molar-refractivity contribution in [3.8, 4) is 16.9 Å². The Morgan fingerprint density at radius 1 is 1.23 bits per heavy atom. The summed E-state index contributed by atoms with van der Waals surface area (Å²) in [5.74, 6) is -1.19. The van der Waals surface area contributed by atoms with Gasteiger partial charge in [-0.05, 0) is 48.2 Å². The van der Waals surface area contributed by atoms with E-state index in [2.05, 4.69) is 5.32 Å². The van der Waals surface area contributed by atoms with Gasteiger partial charge in [0.2, 0.25) is 0 Å². The van der Waals surface area contributed by atoms with E-state index in [1.165, 1.54) is 30.3 Å². The van der Waals surface area contributed by atoms with Crippen LogP contribution in [0.15, 0.2) is 36.4 Å². The minimum Gasteiger partial charge on any atom is -0.484 e. The largest absolute Gasteiger partial charge is 0.484 e. The zero-order chi connectivity index (χ0) is 18.5. The zero-order valence-corrected chi connectivity index (χ0v) is 14.7. The Kier molecular flexibility index (Phi) is 6.06. The Bertz CT molecular complexity index is 794. The maximum atomic E-state index is 13.9. The first kappa shape index (κ1) is 18.6. The van der Waals surface area contributed by atoms with Gasteiger partial charge >= 0.3 is 0 Å². The molecule has 2 aromatic carbocycles. The van der Waals surface area contributed by atoms with E-state index in [4.69, 9.17) is 21.1 Å². The van der Waals surface area contributed by atoms with Gasteiger partial charge in [-0.1, -0.05) is 17.7 Å². The van der Waals surface area contributed by atoms with Gasteiger partial charge in [-0.2, -0.15) is 0 Å². The summed E-state index contributed by atoms with van der Waals surface area (Å²) >= 11 is 5.77. The maximum Gasteiger partial charge on any atom is 0.258 e. The lowest BCUT2D eigenvalue weighted by atomic mass is 10.1. The van der Waals surface area contributed by atoms with Crippen molar-refractivity contribution in [3.63, 3.8) is 0 Å². The molecule has 7 heteroatoms. The molecule has 0 bridgehead atoms. The highest BCUT2D eigenvalue weighted by atomic mass is 35.5. The molecule has 138 valence electrons. The van der Waals surface area contributed by atoms with E-state index in [1.807, 2.05) is 0 Å². The Balaban J connectivity index is 1.61. The summed E-state index contributed by atoms with van der Waals surface area (Å²) in [7, 11) is 0. The van der Waals surface area contributed by atoms with Crippen LogP contribution >= 0.6 is 11.6 Å². The van der Waals surface area contributed by atoms with Gasteiger partial charge in [-0.25, -0.2) is 8.78 Å². The molecule has 1 unspecified atom stereocenters. The van der Waals surface area contributed by atoms with Crippen LogP contribution < -0.4 is 10.1 Å². The fourth-order valence-corrected chi connectivity index (χ4v) is 2.90. The van der Waals surface area contributed by atoms with Crippen molar-refractivity contribution in [1.82, 2.24) is 5.32 Å². The Hall–Kier alpha value is -2.18. The topological polar surface area (TPSA) is 47.6 Å². The molecule has 0 spiro atoms. The molecule has 0 radical (unpaired) electrons. The first-order valence-corrected chi connectivity index (χ1v) is 8.66. The zero-order valence-electron chi connectivity index (χ0n) is 13.9. The molecular weight excluding hydrogens is 364 g/mol. The third-order valence-electron chi connectivity index (χ3n) is 4.05. The molecule has 1 aliphatic heterocycles. The molecular formula is C19H18ClF2NO3. The highest BCUT2D eigenvalue weighted by molar-refractivity contribution is 6.31. The second kappa shape index (κ2) is 8.47. The summed E-state index contributed by atoms with van der Waals surface area (Å²) in [5, 5.41) is 2.67. The van der Waals surface area contributed by atoms with Crippen LogP contribution in [0.5, 0.6) is 5.75 Å². The minimum absolute atomic E-state index is 0.0444. The van der Waals surface area contributed by atoms with Crippen molar-refractivity contribution in [1.29, 1.82) is 0 Å². The molecule has 3 rings (SSSR count). The molecule has 4 nitrogen and oxygen atoms in total. The summed E-state index contributed by atoms with van der Waals surface area (Å²) in [5.41, 5.74) is 1.02. The number of rotatable bonds is 6. The lowest BCUT2D eigenvalue weighted by Gasteiger charge is -2.12. The van der Waals surface area contributed by atoms with Crippen LogP contribution in [-0.2, 0) is 9.53 Å². The number of hydrogen-bond donors (Lipinski definition) is 1. The third-order valence-corrected chi connectivity index (χ3v) is 4.33.